The molecule has 0 spiro atoms. The van der Waals surface area contributed by atoms with Crippen LogP contribution in [-0.2, 0) is 9.59 Å². The van der Waals surface area contributed by atoms with Gasteiger partial charge in [-0.1, -0.05) is 6.42 Å². The highest BCUT2D eigenvalue weighted by atomic mass is 16.2. The van der Waals surface area contributed by atoms with Crippen LogP contribution in [-0.4, -0.2) is 28.8 Å². The zero-order valence-corrected chi connectivity index (χ0v) is 9.75. The van der Waals surface area contributed by atoms with Gasteiger partial charge < -0.3 is 0 Å². The first-order chi connectivity index (χ1) is 7.00. The van der Waals surface area contributed by atoms with Gasteiger partial charge in [0.15, 0.2) is 0 Å². The summed E-state index contributed by atoms with van der Waals surface area (Å²) in [6.07, 6.45) is 3.40. The van der Waals surface area contributed by atoms with Gasteiger partial charge in [0, 0.05) is 12.1 Å². The van der Waals surface area contributed by atoms with E-state index >= 15 is 0 Å². The molecule has 0 aliphatic carbocycles. The average molecular weight is 212 g/mol. The van der Waals surface area contributed by atoms with E-state index in [4.69, 9.17) is 0 Å². The highest BCUT2D eigenvalue weighted by Crippen LogP contribution is 2.20. The van der Waals surface area contributed by atoms with Crippen LogP contribution < -0.4 is 5.43 Å². The monoisotopic (exact) mass is 212 g/mol. The van der Waals surface area contributed by atoms with Crippen molar-refractivity contribution in [1.29, 1.82) is 0 Å². The van der Waals surface area contributed by atoms with Crippen LogP contribution in [0.4, 0.5) is 0 Å². The molecule has 1 aliphatic heterocycles. The van der Waals surface area contributed by atoms with Gasteiger partial charge in [-0.05, 0) is 33.6 Å². The molecule has 0 radical (unpaired) electrons. The maximum Gasteiger partial charge on any atom is 0.241 e. The van der Waals surface area contributed by atoms with Gasteiger partial charge in [0.1, 0.15) is 5.78 Å². The number of Topliss-reactive ketones (excluding diaryl/α,β-unsaturated/α-hetero) is 1. The number of rotatable bonds is 3. The largest absolute Gasteiger partial charge is 0.299 e. The predicted molar refractivity (Wildman–Crippen MR) is 58.1 cm³/mol. The first kappa shape index (κ1) is 12.2. The van der Waals surface area contributed by atoms with E-state index in [1.165, 1.54) is 13.3 Å². The Bertz CT molecular complexity index is 243. The van der Waals surface area contributed by atoms with E-state index in [1.807, 2.05) is 5.01 Å². The molecule has 0 aromatic carbocycles. The predicted octanol–water partition coefficient (Wildman–Crippen LogP) is 1.26. The Morgan fingerprint density at radius 1 is 1.27 bits per heavy atom. The minimum absolute atomic E-state index is 0.0179. The fourth-order valence-corrected chi connectivity index (χ4v) is 2.05. The third-order valence-corrected chi connectivity index (χ3v) is 2.86. The summed E-state index contributed by atoms with van der Waals surface area (Å²) in [5.41, 5.74) is 2.82. The third kappa shape index (κ3) is 3.63. The van der Waals surface area contributed by atoms with Crippen LogP contribution >= 0.6 is 0 Å². The summed E-state index contributed by atoms with van der Waals surface area (Å²) >= 11 is 0. The maximum absolute atomic E-state index is 11.4. The second kappa shape index (κ2) is 5.26. The minimum atomic E-state index is -0.192. The van der Waals surface area contributed by atoms with Crippen LogP contribution in [0.2, 0.25) is 0 Å². The molecule has 15 heavy (non-hydrogen) atoms. The number of hydrogen-bond acceptors (Lipinski definition) is 3. The van der Waals surface area contributed by atoms with Crippen molar-refractivity contribution in [3.63, 3.8) is 0 Å². The molecule has 4 nitrogen and oxygen atoms in total. The normalized spacial score (nSPS) is 27.4. The van der Waals surface area contributed by atoms with Crippen LogP contribution in [0.15, 0.2) is 0 Å². The zero-order chi connectivity index (χ0) is 11.4. The lowest BCUT2D eigenvalue weighted by atomic mass is 10.00. The molecule has 1 amide bonds. The topological polar surface area (TPSA) is 49.4 Å². The molecule has 4 heteroatoms. The van der Waals surface area contributed by atoms with E-state index in [-0.39, 0.29) is 18.1 Å². The van der Waals surface area contributed by atoms with Gasteiger partial charge in [-0.15, -0.1) is 0 Å². The van der Waals surface area contributed by atoms with Crippen LogP contribution in [0.25, 0.3) is 0 Å². The standard InChI is InChI=1S/C11H20N2O2/c1-8-5-4-6-9(2)13(8)12-11(15)7-10(3)14/h8-9H,4-7H2,1-3H3,(H,12,15)/t8-,9-/m1/s1. The number of nitrogens with one attached hydrogen (secondary N) is 1. The number of hydrazine groups is 1. The summed E-state index contributed by atoms with van der Waals surface area (Å²) < 4.78 is 0. The van der Waals surface area contributed by atoms with Crippen molar-refractivity contribution in [3.05, 3.63) is 0 Å². The van der Waals surface area contributed by atoms with E-state index in [0.717, 1.165) is 12.8 Å². The number of amides is 1. The number of carbonyl (C=O) groups is 2. The summed E-state index contributed by atoms with van der Waals surface area (Å²) in [5.74, 6) is -0.284. The quantitative estimate of drug-likeness (QED) is 0.716. The second-order valence-electron chi connectivity index (χ2n) is 4.45. The average Bonchev–Trinajstić information content (AvgIpc) is 2.10. The molecule has 1 aliphatic rings. The Morgan fingerprint density at radius 2 is 1.80 bits per heavy atom. The van der Waals surface area contributed by atoms with Crippen molar-refractivity contribution >= 4 is 11.7 Å². The van der Waals surface area contributed by atoms with Crippen molar-refractivity contribution in [3.8, 4) is 0 Å². The van der Waals surface area contributed by atoms with Gasteiger partial charge in [0.25, 0.3) is 0 Å². The van der Waals surface area contributed by atoms with E-state index in [2.05, 4.69) is 19.3 Å². The van der Waals surface area contributed by atoms with E-state index in [1.54, 1.807) is 0 Å². The van der Waals surface area contributed by atoms with E-state index < -0.39 is 0 Å². The lowest BCUT2D eigenvalue weighted by molar-refractivity contribution is -0.133. The molecule has 86 valence electrons. The molecular weight excluding hydrogens is 192 g/mol. The number of carbonyl (C=O) groups excluding carboxylic acids is 2. The van der Waals surface area contributed by atoms with Gasteiger partial charge in [0.05, 0.1) is 6.42 Å². The summed E-state index contributed by atoms with van der Waals surface area (Å²) in [4.78, 5) is 22.2. The molecule has 0 aromatic heterocycles. The molecule has 0 saturated carbocycles. The highest BCUT2D eigenvalue weighted by molar-refractivity contribution is 5.96. The first-order valence-electron chi connectivity index (χ1n) is 5.58. The number of piperidine rings is 1. The summed E-state index contributed by atoms with van der Waals surface area (Å²) in [6, 6.07) is 0.731. The van der Waals surface area contributed by atoms with Gasteiger partial charge in [-0.25, -0.2) is 5.01 Å². The first-order valence-corrected chi connectivity index (χ1v) is 5.58. The number of hydrogen-bond donors (Lipinski definition) is 1. The second-order valence-corrected chi connectivity index (χ2v) is 4.45. The molecule has 1 heterocycles. The van der Waals surface area contributed by atoms with Crippen molar-refractivity contribution in [2.45, 2.75) is 58.5 Å². The van der Waals surface area contributed by atoms with Crippen molar-refractivity contribution < 1.29 is 9.59 Å². The Labute approximate surface area is 91.0 Å². The SMILES string of the molecule is CC(=O)CC(=O)NN1[C@H](C)CCC[C@H]1C. The Morgan fingerprint density at radius 3 is 2.27 bits per heavy atom. The summed E-state index contributed by atoms with van der Waals surface area (Å²) in [6.45, 7) is 5.63. The van der Waals surface area contributed by atoms with Crippen LogP contribution in [0.3, 0.4) is 0 Å². The third-order valence-electron chi connectivity index (χ3n) is 2.86. The fourth-order valence-electron chi connectivity index (χ4n) is 2.05. The fraction of sp³-hybridized carbons (Fsp3) is 0.818. The van der Waals surface area contributed by atoms with Crippen molar-refractivity contribution in [2.75, 3.05) is 0 Å². The molecule has 1 fully saturated rings. The van der Waals surface area contributed by atoms with Gasteiger partial charge in [-0.3, -0.25) is 15.0 Å². The summed E-state index contributed by atoms with van der Waals surface area (Å²) in [5, 5.41) is 1.98. The van der Waals surface area contributed by atoms with Crippen LogP contribution in [0.5, 0.6) is 0 Å². The molecule has 0 aromatic rings. The molecule has 0 unspecified atom stereocenters. The lowest BCUT2D eigenvalue weighted by Crippen LogP contribution is -2.54. The lowest BCUT2D eigenvalue weighted by Gasteiger charge is -2.38. The van der Waals surface area contributed by atoms with E-state index in [9.17, 15) is 9.59 Å². The smallest absolute Gasteiger partial charge is 0.241 e. The molecular formula is C11H20N2O2. The van der Waals surface area contributed by atoms with Gasteiger partial charge in [-0.2, -0.15) is 0 Å². The van der Waals surface area contributed by atoms with Crippen molar-refractivity contribution in [1.82, 2.24) is 10.4 Å². The minimum Gasteiger partial charge on any atom is -0.299 e. The molecule has 0 bridgehead atoms. The Hall–Kier alpha value is -0.900. The molecule has 2 atom stereocenters. The summed E-state index contributed by atoms with van der Waals surface area (Å²) in [7, 11) is 0. The van der Waals surface area contributed by atoms with Crippen LogP contribution in [0, 0.1) is 0 Å². The molecule has 1 N–H and O–H groups in total. The number of ketones is 1. The van der Waals surface area contributed by atoms with E-state index in [0.29, 0.717) is 12.1 Å². The number of nitrogens with zero attached hydrogens (tertiary/aromatic N) is 1. The highest BCUT2D eigenvalue weighted by Gasteiger charge is 2.26. The molecule has 1 rings (SSSR count). The van der Waals surface area contributed by atoms with Gasteiger partial charge >= 0.3 is 0 Å². The maximum atomic E-state index is 11.4. The van der Waals surface area contributed by atoms with Gasteiger partial charge in [0.2, 0.25) is 5.91 Å². The Kier molecular flexibility index (Phi) is 4.27. The van der Waals surface area contributed by atoms with Crippen molar-refractivity contribution in [2.24, 2.45) is 0 Å². The molecule has 1 saturated heterocycles. The van der Waals surface area contributed by atoms with Crippen LogP contribution in [0.1, 0.15) is 46.5 Å². The Balaban J connectivity index is 2.47. The zero-order valence-electron chi connectivity index (χ0n) is 9.75.